The second-order valence-electron chi connectivity index (χ2n) is 8.88. The minimum Gasteiger partial charge on any atom is -0.383 e. The first-order chi connectivity index (χ1) is 14.7. The molecular weight excluding hydrogens is 444 g/mol. The average Bonchev–Trinajstić information content (AvgIpc) is 2.67. The van der Waals surface area contributed by atoms with Crippen LogP contribution in [0.1, 0.15) is 30.5 Å². The highest BCUT2D eigenvalue weighted by Crippen LogP contribution is 2.42. The summed E-state index contributed by atoms with van der Waals surface area (Å²) in [5, 5.41) is 1.38. The predicted octanol–water partition coefficient (Wildman–Crippen LogP) is 3.96. The number of fused-ring (bicyclic) bond motifs is 2. The van der Waals surface area contributed by atoms with Crippen molar-refractivity contribution in [3.8, 4) is 11.1 Å². The van der Waals surface area contributed by atoms with Gasteiger partial charge in [-0.05, 0) is 67.0 Å². The number of rotatable bonds is 3. The van der Waals surface area contributed by atoms with Gasteiger partial charge < -0.3 is 5.73 Å². The van der Waals surface area contributed by atoms with Gasteiger partial charge in [-0.2, -0.15) is 0 Å². The zero-order chi connectivity index (χ0) is 23.6. The molecule has 0 amide bonds. The summed E-state index contributed by atoms with van der Waals surface area (Å²) in [6.45, 7) is 5.33. The molecule has 6 nitrogen and oxygen atoms in total. The zero-order valence-corrected chi connectivity index (χ0v) is 20.4. The second-order valence-corrected chi connectivity index (χ2v) is 13.3. The van der Waals surface area contributed by atoms with E-state index in [9.17, 15) is 16.8 Å². The third kappa shape index (κ3) is 3.42. The van der Waals surface area contributed by atoms with Crippen LogP contribution in [0.3, 0.4) is 0 Å². The molecule has 0 fully saturated rings. The minimum atomic E-state index is -3.43. The lowest BCUT2D eigenvalue weighted by atomic mass is 9.81. The second kappa shape index (κ2) is 7.15. The molecule has 0 spiro atoms. The summed E-state index contributed by atoms with van der Waals surface area (Å²) in [4.78, 5) is 4.61. The van der Waals surface area contributed by atoms with E-state index in [2.05, 4.69) is 4.98 Å². The van der Waals surface area contributed by atoms with Crippen LogP contribution in [0.5, 0.6) is 0 Å². The Morgan fingerprint density at radius 3 is 2.31 bits per heavy atom. The summed E-state index contributed by atoms with van der Waals surface area (Å²) in [6, 6.07) is 9.18. The van der Waals surface area contributed by atoms with Crippen molar-refractivity contribution in [2.75, 3.05) is 18.2 Å². The molecule has 32 heavy (non-hydrogen) atoms. The Hall–Kier alpha value is -2.71. The highest BCUT2D eigenvalue weighted by molar-refractivity contribution is 7.92. The molecule has 1 unspecified atom stereocenters. The summed E-state index contributed by atoms with van der Waals surface area (Å²) >= 11 is 0. The summed E-state index contributed by atoms with van der Waals surface area (Å²) in [6.07, 6.45) is 6.40. The van der Waals surface area contributed by atoms with E-state index in [1.165, 1.54) is 12.5 Å². The first-order valence-electron chi connectivity index (χ1n) is 10.1. The molecule has 0 saturated carbocycles. The lowest BCUT2D eigenvalue weighted by molar-refractivity contribution is 0.558. The maximum atomic E-state index is 12.5. The van der Waals surface area contributed by atoms with Crippen molar-refractivity contribution in [2.24, 2.45) is 0 Å². The van der Waals surface area contributed by atoms with Gasteiger partial charge in [0.15, 0.2) is 19.7 Å². The van der Waals surface area contributed by atoms with Gasteiger partial charge >= 0.3 is 0 Å². The topological polar surface area (TPSA) is 107 Å². The fraction of sp³-hybridized carbons (Fsp3) is 0.292. The number of nitrogens with zero attached hydrogens (tertiary/aromatic N) is 1. The van der Waals surface area contributed by atoms with E-state index in [0.717, 1.165) is 27.8 Å². The maximum Gasteiger partial charge on any atom is 0.175 e. The maximum absolute atomic E-state index is 12.5. The number of pyridine rings is 1. The van der Waals surface area contributed by atoms with Crippen molar-refractivity contribution in [1.29, 1.82) is 0 Å². The van der Waals surface area contributed by atoms with Crippen LogP contribution in [0, 0.1) is 6.92 Å². The van der Waals surface area contributed by atoms with E-state index >= 15 is 0 Å². The smallest absolute Gasteiger partial charge is 0.175 e. The molecule has 0 radical (unpaired) electrons. The van der Waals surface area contributed by atoms with Crippen LogP contribution in [0.15, 0.2) is 47.0 Å². The van der Waals surface area contributed by atoms with Gasteiger partial charge in [-0.1, -0.05) is 29.8 Å². The fourth-order valence-electron chi connectivity index (χ4n) is 4.48. The Balaban J connectivity index is 2.05. The Kier molecular flexibility index (Phi) is 5.02. The molecule has 0 saturated heterocycles. The Labute approximate surface area is 189 Å². The number of nitrogens with two attached hydrogens (primary N) is 1. The highest BCUT2D eigenvalue weighted by Gasteiger charge is 2.40. The van der Waals surface area contributed by atoms with Crippen molar-refractivity contribution < 1.29 is 16.8 Å². The molecule has 168 valence electrons. The van der Waals surface area contributed by atoms with Gasteiger partial charge in [0.25, 0.3) is 0 Å². The molecule has 2 aromatic carbocycles. The molecule has 1 aliphatic carbocycles. The number of aromatic nitrogens is 1. The van der Waals surface area contributed by atoms with Crippen molar-refractivity contribution in [3.63, 3.8) is 0 Å². The Morgan fingerprint density at radius 1 is 1.00 bits per heavy atom. The summed E-state index contributed by atoms with van der Waals surface area (Å²) in [7, 11) is -6.76. The number of benzene rings is 2. The van der Waals surface area contributed by atoms with Crippen molar-refractivity contribution in [3.05, 3.63) is 58.8 Å². The number of hydrogen-bond acceptors (Lipinski definition) is 6. The quantitative estimate of drug-likeness (QED) is 0.621. The third-order valence-electron chi connectivity index (χ3n) is 6.64. The molecule has 0 aliphatic heterocycles. The minimum absolute atomic E-state index is 0.248. The Bertz CT molecular complexity index is 1540. The van der Waals surface area contributed by atoms with E-state index < -0.39 is 24.4 Å². The predicted molar refractivity (Wildman–Crippen MR) is 130 cm³/mol. The van der Waals surface area contributed by atoms with Crippen LogP contribution in [0.25, 0.3) is 28.0 Å². The number of nitrogen functional groups attached to an aromatic ring is 1. The molecule has 1 aromatic heterocycles. The number of anilines is 1. The van der Waals surface area contributed by atoms with Crippen molar-refractivity contribution in [2.45, 2.75) is 36.8 Å². The van der Waals surface area contributed by atoms with Gasteiger partial charge in [0, 0.05) is 29.7 Å². The molecule has 1 heterocycles. The molecule has 0 bridgehead atoms. The first kappa shape index (κ1) is 22.5. The van der Waals surface area contributed by atoms with E-state index in [-0.39, 0.29) is 4.90 Å². The largest absolute Gasteiger partial charge is 0.383 e. The molecule has 1 aliphatic rings. The SMILES string of the molecule is CC1=Cc2c(cccc2-c2cnc(N)c3cc(C)c(S(C)(=O)=O)cc23)CC1(C)S(C)(=O)=O. The number of hydrogen-bond donors (Lipinski definition) is 1. The highest BCUT2D eigenvalue weighted by atomic mass is 32.2. The van der Waals surface area contributed by atoms with Gasteiger partial charge in [0.05, 0.1) is 9.64 Å². The van der Waals surface area contributed by atoms with Crippen LogP contribution in [-0.2, 0) is 26.1 Å². The van der Waals surface area contributed by atoms with Gasteiger partial charge in [-0.15, -0.1) is 0 Å². The van der Waals surface area contributed by atoms with Crippen LogP contribution in [-0.4, -0.2) is 39.1 Å². The number of sulfone groups is 2. The van der Waals surface area contributed by atoms with Crippen LogP contribution in [0.2, 0.25) is 0 Å². The average molecular weight is 471 g/mol. The normalized spacial score (nSPS) is 19.0. The van der Waals surface area contributed by atoms with E-state index in [1.807, 2.05) is 31.2 Å². The Morgan fingerprint density at radius 2 is 1.69 bits per heavy atom. The van der Waals surface area contributed by atoms with E-state index in [0.29, 0.717) is 28.6 Å². The lowest BCUT2D eigenvalue weighted by Crippen LogP contribution is -2.40. The van der Waals surface area contributed by atoms with E-state index in [4.69, 9.17) is 5.73 Å². The standard InChI is InChI=1S/C24H26N2O4S2/c1-14-9-20-19(11-22(14)31(4,27)28)21(13-26-23(20)25)17-8-6-7-16-12-24(3,32(5,29)30)15(2)10-18(16)17/h6-11,13H,12H2,1-5H3,(H2,25,26). The molecule has 1 atom stereocenters. The van der Waals surface area contributed by atoms with Crippen LogP contribution in [0.4, 0.5) is 5.82 Å². The molecule has 4 rings (SSSR count). The van der Waals surface area contributed by atoms with Gasteiger partial charge in [0.2, 0.25) is 0 Å². The van der Waals surface area contributed by atoms with Crippen LogP contribution < -0.4 is 5.73 Å². The summed E-state index contributed by atoms with van der Waals surface area (Å²) in [5.74, 6) is 0.327. The van der Waals surface area contributed by atoms with Gasteiger partial charge in [-0.25, -0.2) is 21.8 Å². The van der Waals surface area contributed by atoms with E-state index in [1.54, 1.807) is 32.2 Å². The fourth-order valence-corrected chi connectivity index (χ4v) is 6.52. The summed E-state index contributed by atoms with van der Waals surface area (Å²) in [5.41, 5.74) is 11.0. The summed E-state index contributed by atoms with van der Waals surface area (Å²) < 4.78 is 48.8. The van der Waals surface area contributed by atoms with Gasteiger partial charge in [0.1, 0.15) is 5.82 Å². The molecule has 8 heteroatoms. The first-order valence-corrected chi connectivity index (χ1v) is 13.9. The monoisotopic (exact) mass is 470 g/mol. The van der Waals surface area contributed by atoms with Crippen molar-refractivity contribution in [1.82, 2.24) is 4.98 Å². The van der Waals surface area contributed by atoms with Crippen molar-refractivity contribution >= 4 is 42.3 Å². The molecule has 3 aromatic rings. The van der Waals surface area contributed by atoms with Gasteiger partial charge in [-0.3, -0.25) is 0 Å². The molecule has 2 N–H and O–H groups in total. The third-order valence-corrected chi connectivity index (χ3v) is 9.98. The zero-order valence-electron chi connectivity index (χ0n) is 18.7. The number of aryl methyl sites for hydroxylation is 1. The lowest BCUT2D eigenvalue weighted by Gasteiger charge is -2.34. The molecular formula is C24H26N2O4S2. The van der Waals surface area contributed by atoms with Crippen LogP contribution >= 0.6 is 0 Å².